The first-order chi connectivity index (χ1) is 5.89. The normalized spacial score (nSPS) is 14.4. The maximum atomic E-state index is 11.0. The minimum Gasteiger partial charge on any atom is -0.328 e. The molecule has 13 heavy (non-hydrogen) atoms. The Kier molecular flexibility index (Phi) is 3.05. The van der Waals surface area contributed by atoms with Gasteiger partial charge in [-0.1, -0.05) is 0 Å². The second-order valence-electron chi connectivity index (χ2n) is 3.06. The van der Waals surface area contributed by atoms with Crippen molar-refractivity contribution in [3.05, 3.63) is 11.1 Å². The highest BCUT2D eigenvalue weighted by Crippen LogP contribution is 2.15. The van der Waals surface area contributed by atoms with Crippen molar-refractivity contribution in [2.24, 2.45) is 5.73 Å². The Bertz CT molecular complexity index is 381. The number of nitrogens with two attached hydrogens (primary N) is 1. The first kappa shape index (κ1) is 10.6. The molecule has 6 heteroatoms. The number of hydrogen-bond donors (Lipinski definition) is 1. The van der Waals surface area contributed by atoms with Crippen LogP contribution in [0, 0.1) is 0 Å². The Morgan fingerprint density at radius 2 is 2.31 bits per heavy atom. The molecule has 0 saturated heterocycles. The minimum atomic E-state index is -3.15. The van der Waals surface area contributed by atoms with Crippen LogP contribution in [-0.2, 0) is 16.3 Å². The third kappa shape index (κ3) is 3.06. The van der Waals surface area contributed by atoms with Gasteiger partial charge in [-0.05, 0) is 6.92 Å². The lowest BCUT2D eigenvalue weighted by molar-refractivity contribution is 0.600. The molecule has 2 N–H and O–H groups in total. The van der Waals surface area contributed by atoms with E-state index in [0.717, 1.165) is 23.3 Å². The topological polar surface area (TPSA) is 73.1 Å². The van der Waals surface area contributed by atoms with Gasteiger partial charge in [0.2, 0.25) is 14.2 Å². The second kappa shape index (κ2) is 3.73. The van der Waals surface area contributed by atoms with Crippen molar-refractivity contribution >= 4 is 21.2 Å². The average Bonchev–Trinajstić information content (AvgIpc) is 2.32. The van der Waals surface area contributed by atoms with Crippen LogP contribution < -0.4 is 5.73 Å². The number of rotatable bonds is 3. The number of nitrogens with zero attached hydrogens (tertiary/aromatic N) is 1. The smallest absolute Gasteiger partial charge is 0.209 e. The predicted octanol–water partition coefficient (Wildman–Crippen LogP) is 0.436. The summed E-state index contributed by atoms with van der Waals surface area (Å²) in [4.78, 5) is 3.97. The van der Waals surface area contributed by atoms with E-state index in [1.54, 1.807) is 5.38 Å². The van der Waals surface area contributed by atoms with Crippen LogP contribution in [0.4, 0.5) is 0 Å². The molecule has 0 aliphatic rings. The average molecular weight is 220 g/mol. The van der Waals surface area contributed by atoms with E-state index in [4.69, 9.17) is 5.73 Å². The highest BCUT2D eigenvalue weighted by atomic mass is 32.2. The van der Waals surface area contributed by atoms with Gasteiger partial charge in [-0.15, -0.1) is 11.3 Å². The van der Waals surface area contributed by atoms with Crippen molar-refractivity contribution in [3.63, 3.8) is 0 Å². The monoisotopic (exact) mass is 220 g/mol. The molecule has 1 aromatic heterocycles. The first-order valence-corrected chi connectivity index (χ1v) is 6.56. The molecule has 0 aromatic carbocycles. The van der Waals surface area contributed by atoms with Gasteiger partial charge in [0, 0.05) is 24.1 Å². The molecule has 1 rings (SSSR count). The lowest BCUT2D eigenvalue weighted by Gasteiger charge is -1.99. The molecule has 0 fully saturated rings. The summed E-state index contributed by atoms with van der Waals surface area (Å²) in [6, 6.07) is 0.00881. The fourth-order valence-electron chi connectivity index (χ4n) is 0.882. The Hall–Kier alpha value is -0.460. The summed E-state index contributed by atoms with van der Waals surface area (Å²) >= 11 is 1.14. The quantitative estimate of drug-likeness (QED) is 0.802. The van der Waals surface area contributed by atoms with Crippen LogP contribution in [0.3, 0.4) is 0 Å². The van der Waals surface area contributed by atoms with Gasteiger partial charge < -0.3 is 5.73 Å². The molecule has 0 aliphatic carbocycles. The number of sulfone groups is 1. The summed E-state index contributed by atoms with van der Waals surface area (Å²) in [6.07, 6.45) is 1.77. The van der Waals surface area contributed by atoms with Crippen LogP contribution in [0.25, 0.3) is 0 Å². The molecule has 0 saturated carbocycles. The molecule has 0 aliphatic heterocycles. The van der Waals surface area contributed by atoms with Crippen molar-refractivity contribution in [1.29, 1.82) is 0 Å². The van der Waals surface area contributed by atoms with Crippen LogP contribution >= 0.6 is 11.3 Å². The summed E-state index contributed by atoms with van der Waals surface area (Å²) in [5.74, 6) is 0. The third-order valence-electron chi connectivity index (χ3n) is 1.38. The van der Waals surface area contributed by atoms with Gasteiger partial charge in [0.15, 0.2) is 0 Å². The summed E-state index contributed by atoms with van der Waals surface area (Å²) in [7, 11) is -3.15. The van der Waals surface area contributed by atoms with Gasteiger partial charge in [-0.2, -0.15) is 0 Å². The van der Waals surface area contributed by atoms with Crippen molar-refractivity contribution in [2.45, 2.75) is 23.7 Å². The van der Waals surface area contributed by atoms with Crippen molar-refractivity contribution in [3.8, 4) is 0 Å². The van der Waals surface area contributed by atoms with E-state index < -0.39 is 9.84 Å². The fraction of sp³-hybridized carbons (Fsp3) is 0.571. The molecule has 74 valence electrons. The van der Waals surface area contributed by atoms with Crippen LogP contribution in [0.15, 0.2) is 9.72 Å². The highest BCUT2D eigenvalue weighted by molar-refractivity contribution is 7.92. The zero-order valence-corrected chi connectivity index (χ0v) is 9.15. The molecule has 0 radical (unpaired) electrons. The number of aromatic nitrogens is 1. The van der Waals surface area contributed by atoms with Crippen LogP contribution in [0.1, 0.15) is 12.6 Å². The van der Waals surface area contributed by atoms with Gasteiger partial charge in [0.1, 0.15) is 0 Å². The standard InChI is InChI=1S/C7H12N2O2S2/c1-5(8)3-6-4-12-7(9-6)13(2,10)11/h4-5H,3,8H2,1-2H3. The van der Waals surface area contributed by atoms with E-state index in [1.807, 2.05) is 6.92 Å². The molecule has 0 spiro atoms. The maximum Gasteiger partial charge on any atom is 0.209 e. The Morgan fingerprint density at radius 3 is 2.69 bits per heavy atom. The molecule has 1 unspecified atom stereocenters. The van der Waals surface area contributed by atoms with E-state index in [0.29, 0.717) is 6.42 Å². The zero-order valence-electron chi connectivity index (χ0n) is 7.52. The molecular weight excluding hydrogens is 208 g/mol. The molecule has 1 heterocycles. The third-order valence-corrected chi connectivity index (χ3v) is 3.98. The van der Waals surface area contributed by atoms with Crippen molar-refractivity contribution in [2.75, 3.05) is 6.26 Å². The molecule has 0 amide bonds. The zero-order chi connectivity index (χ0) is 10.1. The Labute approximate surface area is 81.7 Å². The first-order valence-electron chi connectivity index (χ1n) is 3.79. The van der Waals surface area contributed by atoms with Gasteiger partial charge in [0.25, 0.3) is 0 Å². The lowest BCUT2D eigenvalue weighted by Crippen LogP contribution is -2.18. The highest BCUT2D eigenvalue weighted by Gasteiger charge is 2.12. The van der Waals surface area contributed by atoms with Crippen molar-refractivity contribution < 1.29 is 8.42 Å². The minimum absolute atomic E-state index is 0.00881. The summed E-state index contributed by atoms with van der Waals surface area (Å²) in [6.45, 7) is 1.86. The van der Waals surface area contributed by atoms with Crippen LogP contribution in [0.5, 0.6) is 0 Å². The van der Waals surface area contributed by atoms with Gasteiger partial charge in [0.05, 0.1) is 5.69 Å². The van der Waals surface area contributed by atoms with Gasteiger partial charge >= 0.3 is 0 Å². The number of hydrogen-bond acceptors (Lipinski definition) is 5. The molecule has 1 aromatic rings. The number of thiazole rings is 1. The summed E-state index contributed by atoms with van der Waals surface area (Å²) in [5.41, 5.74) is 6.31. The Morgan fingerprint density at radius 1 is 1.69 bits per heavy atom. The molecule has 4 nitrogen and oxygen atoms in total. The van der Waals surface area contributed by atoms with E-state index in [1.165, 1.54) is 0 Å². The maximum absolute atomic E-state index is 11.0. The van der Waals surface area contributed by atoms with Crippen LogP contribution in [-0.4, -0.2) is 25.7 Å². The Balaban J connectivity index is 2.88. The van der Waals surface area contributed by atoms with Gasteiger partial charge in [-0.25, -0.2) is 13.4 Å². The lowest BCUT2D eigenvalue weighted by atomic mass is 10.2. The fourth-order valence-corrected chi connectivity index (χ4v) is 2.56. The largest absolute Gasteiger partial charge is 0.328 e. The summed E-state index contributed by atoms with van der Waals surface area (Å²) < 4.78 is 22.3. The predicted molar refractivity (Wildman–Crippen MR) is 52.6 cm³/mol. The van der Waals surface area contributed by atoms with E-state index in [9.17, 15) is 8.42 Å². The van der Waals surface area contributed by atoms with Crippen molar-refractivity contribution in [1.82, 2.24) is 4.98 Å². The van der Waals surface area contributed by atoms with Gasteiger partial charge in [-0.3, -0.25) is 0 Å². The van der Waals surface area contributed by atoms with Crippen LogP contribution in [0.2, 0.25) is 0 Å². The SMILES string of the molecule is CC(N)Cc1csc(S(C)(=O)=O)n1. The molecule has 1 atom stereocenters. The summed E-state index contributed by atoms with van der Waals surface area (Å²) in [5, 5.41) is 1.74. The molecular formula is C7H12N2O2S2. The van der Waals surface area contributed by atoms with E-state index in [2.05, 4.69) is 4.98 Å². The second-order valence-corrected chi connectivity index (χ2v) is 6.11. The van der Waals surface area contributed by atoms with E-state index in [-0.39, 0.29) is 10.4 Å². The van der Waals surface area contributed by atoms with E-state index >= 15 is 0 Å². The molecule has 0 bridgehead atoms.